The molecular weight excluding hydrogens is 520 g/mol. The smallest absolute Gasteiger partial charge is 0.261 e. The second kappa shape index (κ2) is 14.0. The lowest BCUT2D eigenvalue weighted by Crippen LogP contribution is -2.68. The molecule has 0 spiro atoms. The highest BCUT2D eigenvalue weighted by atomic mass is 28.4. The molecule has 0 aromatic heterocycles. The van der Waals surface area contributed by atoms with E-state index < -0.39 is 13.9 Å². The van der Waals surface area contributed by atoms with E-state index in [2.05, 4.69) is 114 Å². The third-order valence-corrected chi connectivity index (χ3v) is 14.4. The lowest BCUT2D eigenvalue weighted by Gasteiger charge is -2.50. The first-order valence-electron chi connectivity index (χ1n) is 15.8. The second-order valence-electron chi connectivity index (χ2n) is 14.1. The Hall–Kier alpha value is -1.90. The van der Waals surface area contributed by atoms with Gasteiger partial charge in [-0.05, 0) is 79.6 Å². The van der Waals surface area contributed by atoms with Crippen molar-refractivity contribution >= 4 is 18.7 Å². The van der Waals surface area contributed by atoms with E-state index in [1.165, 1.54) is 23.2 Å². The Kier molecular flexibility index (Phi) is 11.5. The summed E-state index contributed by atoms with van der Waals surface area (Å²) in [4.78, 5) is 0. The maximum absolute atomic E-state index is 7.61. The maximum atomic E-state index is 7.61. The number of hydrogen-bond acceptors (Lipinski definition) is 3. The molecule has 0 saturated heterocycles. The Morgan fingerprint density at radius 3 is 2.00 bits per heavy atom. The van der Waals surface area contributed by atoms with Crippen LogP contribution in [0.1, 0.15) is 101 Å². The van der Waals surface area contributed by atoms with Gasteiger partial charge in [0.2, 0.25) is 0 Å². The van der Waals surface area contributed by atoms with Gasteiger partial charge in [0.05, 0.1) is 0 Å². The van der Waals surface area contributed by atoms with Gasteiger partial charge in [0.15, 0.2) is 6.29 Å². The SMILES string of the molecule is CCOC(C)OC(C)(C)C#CC[C@@H](C)[C@@H](C)[C@@]1(C)CCCC(O[Si](c2ccccc2)(c2ccccc2)C(C)(C)C)C1. The Balaban J connectivity index is 1.81. The van der Waals surface area contributed by atoms with E-state index in [9.17, 15) is 0 Å². The average molecular weight is 577 g/mol. The number of ether oxygens (including phenoxy) is 2. The van der Waals surface area contributed by atoms with Gasteiger partial charge >= 0.3 is 0 Å². The Morgan fingerprint density at radius 2 is 1.49 bits per heavy atom. The topological polar surface area (TPSA) is 27.7 Å². The molecule has 0 aliphatic heterocycles. The lowest BCUT2D eigenvalue weighted by molar-refractivity contribution is -0.169. The van der Waals surface area contributed by atoms with Crippen LogP contribution in [-0.2, 0) is 13.9 Å². The van der Waals surface area contributed by atoms with Crippen molar-refractivity contribution in [1.82, 2.24) is 0 Å². The van der Waals surface area contributed by atoms with Crippen LogP contribution >= 0.6 is 0 Å². The number of rotatable bonds is 11. The molecule has 2 unspecified atom stereocenters. The van der Waals surface area contributed by atoms with Gasteiger partial charge in [-0.25, -0.2) is 0 Å². The summed E-state index contributed by atoms with van der Waals surface area (Å²) in [6.45, 7) is 23.1. The van der Waals surface area contributed by atoms with Crippen molar-refractivity contribution in [2.45, 2.75) is 124 Å². The van der Waals surface area contributed by atoms with Gasteiger partial charge in [0.1, 0.15) is 5.60 Å². The van der Waals surface area contributed by atoms with E-state index in [1.807, 2.05) is 27.7 Å². The van der Waals surface area contributed by atoms with Crippen LogP contribution in [0.4, 0.5) is 0 Å². The molecule has 0 amide bonds. The summed E-state index contributed by atoms with van der Waals surface area (Å²) in [5, 5.41) is 2.73. The molecule has 2 aromatic rings. The quantitative estimate of drug-likeness (QED) is 0.153. The van der Waals surface area contributed by atoms with Crippen molar-refractivity contribution in [2.75, 3.05) is 6.61 Å². The van der Waals surface area contributed by atoms with E-state index in [-0.39, 0.29) is 22.8 Å². The molecule has 0 heterocycles. The van der Waals surface area contributed by atoms with Gasteiger partial charge < -0.3 is 13.9 Å². The van der Waals surface area contributed by atoms with Crippen molar-refractivity contribution in [1.29, 1.82) is 0 Å². The van der Waals surface area contributed by atoms with Gasteiger partial charge in [-0.2, -0.15) is 0 Å². The molecule has 1 saturated carbocycles. The van der Waals surface area contributed by atoms with Gasteiger partial charge in [0, 0.05) is 19.1 Å². The maximum Gasteiger partial charge on any atom is 0.261 e. The monoisotopic (exact) mass is 576 g/mol. The standard InChI is InChI=1S/C37H56O3Si/c1-11-38-31(4)39-36(8,9)26-18-20-29(2)30(3)37(10)27-19-21-32(28-37)40-41(35(5,6)7,33-22-14-12-15-23-33)34-24-16-13-17-25-34/h12-17,22-25,29-32H,11,19-21,27-28H2,1-10H3/t29-,30-,31?,32?,37+/m1/s1. The van der Waals surface area contributed by atoms with Crippen molar-refractivity contribution in [3.05, 3.63) is 60.7 Å². The van der Waals surface area contributed by atoms with Crippen LogP contribution in [0.2, 0.25) is 5.04 Å². The van der Waals surface area contributed by atoms with Crippen LogP contribution < -0.4 is 10.4 Å². The van der Waals surface area contributed by atoms with Crippen molar-refractivity contribution in [3.63, 3.8) is 0 Å². The highest BCUT2D eigenvalue weighted by molar-refractivity contribution is 6.99. The van der Waals surface area contributed by atoms with Crippen LogP contribution in [0.5, 0.6) is 0 Å². The predicted octanol–water partition coefficient (Wildman–Crippen LogP) is 8.36. The molecule has 1 aliphatic rings. The molecule has 226 valence electrons. The normalized spacial score (nSPS) is 22.3. The molecule has 1 fully saturated rings. The van der Waals surface area contributed by atoms with Crippen LogP contribution in [0.25, 0.3) is 0 Å². The fraction of sp³-hybridized carbons (Fsp3) is 0.622. The summed E-state index contributed by atoms with van der Waals surface area (Å²) in [6, 6.07) is 22.1. The third kappa shape index (κ3) is 8.35. The minimum atomic E-state index is -2.57. The highest BCUT2D eigenvalue weighted by Crippen LogP contribution is 2.48. The molecule has 5 atom stereocenters. The van der Waals surface area contributed by atoms with Crippen molar-refractivity contribution in [3.8, 4) is 11.8 Å². The zero-order valence-electron chi connectivity index (χ0n) is 27.6. The molecule has 41 heavy (non-hydrogen) atoms. The molecule has 0 radical (unpaired) electrons. The molecule has 2 aromatic carbocycles. The van der Waals surface area contributed by atoms with Crippen LogP contribution in [0.15, 0.2) is 60.7 Å². The Morgan fingerprint density at radius 1 is 0.927 bits per heavy atom. The van der Waals surface area contributed by atoms with Gasteiger partial charge in [-0.3, -0.25) is 0 Å². The highest BCUT2D eigenvalue weighted by Gasteiger charge is 2.52. The molecule has 4 heteroatoms. The van der Waals surface area contributed by atoms with Gasteiger partial charge in [-0.1, -0.05) is 120 Å². The van der Waals surface area contributed by atoms with E-state index >= 15 is 0 Å². The Labute approximate surface area is 252 Å². The summed E-state index contributed by atoms with van der Waals surface area (Å²) >= 11 is 0. The van der Waals surface area contributed by atoms with Crippen molar-refractivity contribution < 1.29 is 13.9 Å². The predicted molar refractivity (Wildman–Crippen MR) is 176 cm³/mol. The number of benzene rings is 2. The molecule has 0 N–H and O–H groups in total. The summed E-state index contributed by atoms with van der Waals surface area (Å²) < 4.78 is 19.2. The van der Waals surface area contributed by atoms with E-state index in [0.29, 0.717) is 18.4 Å². The summed E-state index contributed by atoms with van der Waals surface area (Å²) in [6.07, 6.45) is 5.53. The summed E-state index contributed by atoms with van der Waals surface area (Å²) in [7, 11) is -2.57. The molecule has 3 rings (SSSR count). The van der Waals surface area contributed by atoms with E-state index in [0.717, 1.165) is 19.3 Å². The summed E-state index contributed by atoms with van der Waals surface area (Å²) in [5.74, 6) is 7.86. The van der Waals surface area contributed by atoms with E-state index in [1.54, 1.807) is 0 Å². The first-order chi connectivity index (χ1) is 19.2. The third-order valence-electron chi connectivity index (χ3n) is 9.36. The zero-order valence-corrected chi connectivity index (χ0v) is 28.6. The first-order valence-corrected chi connectivity index (χ1v) is 17.7. The van der Waals surface area contributed by atoms with Crippen LogP contribution in [0, 0.1) is 29.1 Å². The molecule has 3 nitrogen and oxygen atoms in total. The van der Waals surface area contributed by atoms with Crippen LogP contribution in [-0.4, -0.2) is 32.9 Å². The molecular formula is C37H56O3Si. The molecule has 0 bridgehead atoms. The second-order valence-corrected chi connectivity index (χ2v) is 18.3. The first kappa shape index (κ1) is 33.6. The van der Waals surface area contributed by atoms with Crippen molar-refractivity contribution in [2.24, 2.45) is 17.3 Å². The zero-order chi connectivity index (χ0) is 30.3. The lowest BCUT2D eigenvalue weighted by atomic mass is 9.63. The Bertz CT molecular complexity index is 1090. The summed E-state index contributed by atoms with van der Waals surface area (Å²) in [5.41, 5.74) is -0.314. The van der Waals surface area contributed by atoms with Gasteiger partial charge in [-0.15, -0.1) is 0 Å². The minimum absolute atomic E-state index is 0.00735. The fourth-order valence-corrected chi connectivity index (χ4v) is 11.6. The fourth-order valence-electron chi connectivity index (χ4n) is 6.91. The molecule has 1 aliphatic carbocycles. The average Bonchev–Trinajstić information content (AvgIpc) is 2.91. The number of hydrogen-bond donors (Lipinski definition) is 0. The van der Waals surface area contributed by atoms with Gasteiger partial charge in [0.25, 0.3) is 8.32 Å². The largest absolute Gasteiger partial charge is 0.404 e. The van der Waals surface area contributed by atoms with E-state index in [4.69, 9.17) is 13.9 Å². The van der Waals surface area contributed by atoms with Crippen LogP contribution in [0.3, 0.4) is 0 Å². The minimum Gasteiger partial charge on any atom is -0.404 e.